The van der Waals surface area contributed by atoms with E-state index in [0.29, 0.717) is 0 Å². The minimum Gasteiger partial charge on any atom is -0.538 e. The maximum atomic E-state index is 6.69. The Kier molecular flexibility index (Phi) is 7.71. The number of allylic oxidation sites excluding steroid dienone is 1. The van der Waals surface area contributed by atoms with Crippen molar-refractivity contribution in [3.8, 4) is 0 Å². The van der Waals surface area contributed by atoms with Crippen molar-refractivity contribution in [3.05, 3.63) is 88.9 Å². The molecule has 1 nitrogen and oxygen atoms in total. The summed E-state index contributed by atoms with van der Waals surface area (Å²) >= 11 is 0. The molecule has 0 aliphatic carbocycles. The predicted molar refractivity (Wildman–Crippen MR) is 116 cm³/mol. The van der Waals surface area contributed by atoms with Gasteiger partial charge in [0, 0.05) is 0 Å². The molecule has 0 unspecified atom stereocenters. The fourth-order valence-corrected chi connectivity index (χ4v) is 5.56. The van der Waals surface area contributed by atoms with Gasteiger partial charge in [-0.15, -0.1) is 0 Å². The third kappa shape index (κ3) is 5.62. The van der Waals surface area contributed by atoms with E-state index in [2.05, 4.69) is 75.9 Å². The van der Waals surface area contributed by atoms with E-state index in [-0.39, 0.29) is 0 Å². The standard InChI is InChI=1S/C24H30OSi/c1-5-26(6-2,7-3)25-24(19-18-22-14-10-8-11-15-22)21(4)20-23-16-12-9-13-17-23/h8-18,20H,5-7H2,1-4H3/b21-20+. The van der Waals surface area contributed by atoms with E-state index >= 15 is 0 Å². The average Bonchev–Trinajstić information content (AvgIpc) is 2.70. The smallest absolute Gasteiger partial charge is 0.251 e. The zero-order valence-corrected chi connectivity index (χ0v) is 17.5. The van der Waals surface area contributed by atoms with E-state index in [1.165, 1.54) is 5.56 Å². The SMILES string of the molecule is CC[Si](CC)(CC)OC(=C=Cc1ccccc1)/C(C)=C/c1ccccc1. The maximum Gasteiger partial charge on any atom is 0.251 e. The second-order valence-electron chi connectivity index (χ2n) is 6.61. The van der Waals surface area contributed by atoms with Gasteiger partial charge in [-0.3, -0.25) is 0 Å². The van der Waals surface area contributed by atoms with Crippen LogP contribution in [0.5, 0.6) is 0 Å². The Bertz CT molecular complexity index is 756. The molecule has 0 radical (unpaired) electrons. The first kappa shape index (κ1) is 20.0. The molecule has 0 saturated carbocycles. The summed E-state index contributed by atoms with van der Waals surface area (Å²) in [5.74, 6) is 0.884. The molecule has 0 amide bonds. The van der Waals surface area contributed by atoms with Crippen LogP contribution in [-0.2, 0) is 4.43 Å². The molecule has 2 aromatic carbocycles. The van der Waals surface area contributed by atoms with Crippen LogP contribution in [0.25, 0.3) is 12.2 Å². The van der Waals surface area contributed by atoms with Gasteiger partial charge < -0.3 is 4.43 Å². The Morgan fingerprint density at radius 1 is 0.846 bits per heavy atom. The third-order valence-electron chi connectivity index (χ3n) is 4.96. The van der Waals surface area contributed by atoms with E-state index in [9.17, 15) is 0 Å². The lowest BCUT2D eigenvalue weighted by atomic mass is 10.1. The molecular formula is C24H30OSi. The number of benzene rings is 2. The summed E-state index contributed by atoms with van der Waals surface area (Å²) in [6.45, 7) is 8.89. The highest BCUT2D eigenvalue weighted by molar-refractivity contribution is 6.73. The van der Waals surface area contributed by atoms with Gasteiger partial charge in [-0.25, -0.2) is 0 Å². The van der Waals surface area contributed by atoms with Gasteiger partial charge in [-0.05, 0) is 53.9 Å². The minimum absolute atomic E-state index is 0.884. The minimum atomic E-state index is -1.76. The van der Waals surface area contributed by atoms with Gasteiger partial charge in [0.05, 0.1) is 0 Å². The molecule has 0 saturated heterocycles. The van der Waals surface area contributed by atoms with Crippen LogP contribution in [0.3, 0.4) is 0 Å². The molecule has 0 spiro atoms. The fourth-order valence-electron chi connectivity index (χ4n) is 2.97. The Balaban J connectivity index is 2.44. The molecule has 0 aliphatic rings. The molecule has 0 aliphatic heterocycles. The van der Waals surface area contributed by atoms with Crippen molar-refractivity contribution in [2.75, 3.05) is 0 Å². The topological polar surface area (TPSA) is 9.23 Å². The van der Waals surface area contributed by atoms with Gasteiger partial charge in [0.2, 0.25) is 0 Å². The molecule has 0 atom stereocenters. The molecule has 2 heteroatoms. The van der Waals surface area contributed by atoms with Crippen LogP contribution >= 0.6 is 0 Å². The lowest BCUT2D eigenvalue weighted by Crippen LogP contribution is -2.35. The van der Waals surface area contributed by atoms with Crippen LogP contribution in [0, 0.1) is 0 Å². The van der Waals surface area contributed by atoms with Crippen LogP contribution in [0.4, 0.5) is 0 Å². The quantitative estimate of drug-likeness (QED) is 0.207. The second-order valence-corrected chi connectivity index (χ2v) is 11.3. The highest BCUT2D eigenvalue weighted by Crippen LogP contribution is 2.28. The van der Waals surface area contributed by atoms with Gasteiger partial charge in [0.1, 0.15) is 0 Å². The molecule has 26 heavy (non-hydrogen) atoms. The van der Waals surface area contributed by atoms with Gasteiger partial charge in [0.15, 0.2) is 5.76 Å². The molecule has 2 rings (SSSR count). The van der Waals surface area contributed by atoms with Gasteiger partial charge in [0.25, 0.3) is 8.32 Å². The van der Waals surface area contributed by atoms with Crippen molar-refractivity contribution in [2.24, 2.45) is 0 Å². The van der Waals surface area contributed by atoms with Crippen LogP contribution < -0.4 is 0 Å². The van der Waals surface area contributed by atoms with E-state index in [4.69, 9.17) is 4.43 Å². The fraction of sp³-hybridized carbons (Fsp3) is 0.292. The van der Waals surface area contributed by atoms with Crippen molar-refractivity contribution in [3.63, 3.8) is 0 Å². The van der Waals surface area contributed by atoms with Crippen LogP contribution in [-0.4, -0.2) is 8.32 Å². The van der Waals surface area contributed by atoms with Crippen molar-refractivity contribution in [1.82, 2.24) is 0 Å². The van der Waals surface area contributed by atoms with Crippen molar-refractivity contribution < 1.29 is 4.43 Å². The Labute approximate surface area is 159 Å². The van der Waals surface area contributed by atoms with Crippen molar-refractivity contribution >= 4 is 20.5 Å². The summed E-state index contributed by atoms with van der Waals surface area (Å²) in [7, 11) is -1.76. The highest BCUT2D eigenvalue weighted by atomic mass is 28.4. The maximum absolute atomic E-state index is 6.69. The van der Waals surface area contributed by atoms with Crippen LogP contribution in [0.2, 0.25) is 18.1 Å². The van der Waals surface area contributed by atoms with E-state index < -0.39 is 8.32 Å². The average molecular weight is 363 g/mol. The first-order chi connectivity index (χ1) is 12.6. The van der Waals surface area contributed by atoms with Crippen LogP contribution in [0.15, 0.2) is 77.7 Å². The summed E-state index contributed by atoms with van der Waals surface area (Å²) in [6.07, 6.45) is 4.21. The molecule has 0 N–H and O–H groups in total. The van der Waals surface area contributed by atoms with Crippen LogP contribution in [0.1, 0.15) is 38.8 Å². The van der Waals surface area contributed by atoms with Crippen molar-refractivity contribution in [2.45, 2.75) is 45.8 Å². The number of hydrogen-bond acceptors (Lipinski definition) is 1. The largest absolute Gasteiger partial charge is 0.538 e. The Morgan fingerprint density at radius 2 is 1.35 bits per heavy atom. The molecule has 0 heterocycles. The zero-order chi connectivity index (χ0) is 18.8. The number of hydrogen-bond donors (Lipinski definition) is 0. The van der Waals surface area contributed by atoms with E-state index in [1.807, 2.05) is 30.3 Å². The normalized spacial score (nSPS) is 11.6. The molecule has 0 aromatic heterocycles. The van der Waals surface area contributed by atoms with E-state index in [1.54, 1.807) is 0 Å². The predicted octanol–water partition coefficient (Wildman–Crippen LogP) is 7.31. The highest BCUT2D eigenvalue weighted by Gasteiger charge is 2.31. The summed E-state index contributed by atoms with van der Waals surface area (Å²) < 4.78 is 6.69. The third-order valence-corrected chi connectivity index (χ3v) is 9.47. The number of rotatable bonds is 8. The summed E-state index contributed by atoms with van der Waals surface area (Å²) in [4.78, 5) is 0. The molecule has 2 aromatic rings. The van der Waals surface area contributed by atoms with Gasteiger partial charge in [-0.1, -0.05) is 87.2 Å². The second kappa shape index (κ2) is 10.0. The monoisotopic (exact) mass is 362 g/mol. The first-order valence-electron chi connectivity index (χ1n) is 9.57. The Hall–Kier alpha value is -2.28. The first-order valence-corrected chi connectivity index (χ1v) is 12.1. The molecular weight excluding hydrogens is 332 g/mol. The zero-order valence-electron chi connectivity index (χ0n) is 16.5. The summed E-state index contributed by atoms with van der Waals surface area (Å²) in [5.41, 5.74) is 6.89. The summed E-state index contributed by atoms with van der Waals surface area (Å²) in [5, 5.41) is 0. The lowest BCUT2D eigenvalue weighted by Gasteiger charge is -2.30. The van der Waals surface area contributed by atoms with Gasteiger partial charge >= 0.3 is 0 Å². The van der Waals surface area contributed by atoms with Gasteiger partial charge in [-0.2, -0.15) is 0 Å². The molecule has 0 bridgehead atoms. The van der Waals surface area contributed by atoms with E-state index in [0.717, 1.165) is 35.0 Å². The lowest BCUT2D eigenvalue weighted by molar-refractivity contribution is 0.417. The summed E-state index contributed by atoms with van der Waals surface area (Å²) in [6, 6.07) is 24.1. The molecule has 0 fully saturated rings. The van der Waals surface area contributed by atoms with Crippen molar-refractivity contribution in [1.29, 1.82) is 0 Å². The Morgan fingerprint density at radius 3 is 1.85 bits per heavy atom. The molecule has 136 valence electrons.